The number of allylic oxidation sites excluding steroid dienone is 1. The molecule has 1 heterocycles. The maximum atomic E-state index is 12.0. The van der Waals surface area contributed by atoms with Crippen LogP contribution in [-0.4, -0.2) is 11.7 Å². The molecule has 4 heteroatoms. The highest BCUT2D eigenvalue weighted by Crippen LogP contribution is 2.13. The van der Waals surface area contributed by atoms with Gasteiger partial charge in [0.2, 0.25) is 5.91 Å². The zero-order chi connectivity index (χ0) is 14.4. The highest BCUT2D eigenvalue weighted by Gasteiger charge is 2.03. The Morgan fingerprint density at radius 2 is 1.95 bits per heavy atom. The SMILES string of the molecule is CCC(=O)Nc1ccc(C(=O)C=Cc2cccs2)cc1. The third-order valence-corrected chi connectivity index (χ3v) is 3.55. The van der Waals surface area contributed by atoms with Crippen LogP contribution >= 0.6 is 11.3 Å². The van der Waals surface area contributed by atoms with Crippen LogP contribution in [0.3, 0.4) is 0 Å². The molecule has 0 spiro atoms. The highest BCUT2D eigenvalue weighted by molar-refractivity contribution is 7.10. The fourth-order valence-corrected chi connectivity index (χ4v) is 2.23. The molecule has 0 radical (unpaired) electrons. The molecule has 20 heavy (non-hydrogen) atoms. The van der Waals surface area contributed by atoms with E-state index in [9.17, 15) is 9.59 Å². The van der Waals surface area contributed by atoms with Gasteiger partial charge in [-0.2, -0.15) is 0 Å². The molecule has 102 valence electrons. The highest BCUT2D eigenvalue weighted by atomic mass is 32.1. The molecule has 1 N–H and O–H groups in total. The summed E-state index contributed by atoms with van der Waals surface area (Å²) in [7, 11) is 0. The smallest absolute Gasteiger partial charge is 0.224 e. The summed E-state index contributed by atoms with van der Waals surface area (Å²) in [6, 6.07) is 10.8. The average Bonchev–Trinajstić information content (AvgIpc) is 2.98. The number of ketones is 1. The van der Waals surface area contributed by atoms with Crippen LogP contribution in [0.4, 0.5) is 5.69 Å². The van der Waals surface area contributed by atoms with Gasteiger partial charge in [0, 0.05) is 22.5 Å². The van der Waals surface area contributed by atoms with E-state index in [-0.39, 0.29) is 11.7 Å². The number of thiophene rings is 1. The van der Waals surface area contributed by atoms with E-state index in [4.69, 9.17) is 0 Å². The number of carbonyl (C=O) groups excluding carboxylic acids is 2. The van der Waals surface area contributed by atoms with Crippen molar-refractivity contribution in [2.75, 3.05) is 5.32 Å². The quantitative estimate of drug-likeness (QED) is 0.667. The summed E-state index contributed by atoms with van der Waals surface area (Å²) in [6.07, 6.45) is 3.80. The Bertz CT molecular complexity index is 612. The third-order valence-electron chi connectivity index (χ3n) is 2.72. The molecule has 3 nitrogen and oxygen atoms in total. The second kappa shape index (κ2) is 6.82. The number of rotatable bonds is 5. The van der Waals surface area contributed by atoms with Crippen molar-refractivity contribution in [3.05, 3.63) is 58.3 Å². The second-order valence-corrected chi connectivity index (χ2v) is 5.17. The van der Waals surface area contributed by atoms with E-state index in [1.54, 1.807) is 54.7 Å². The monoisotopic (exact) mass is 285 g/mol. The van der Waals surface area contributed by atoms with Gasteiger partial charge in [-0.15, -0.1) is 11.3 Å². The van der Waals surface area contributed by atoms with Crippen LogP contribution in [0.5, 0.6) is 0 Å². The van der Waals surface area contributed by atoms with E-state index in [2.05, 4.69) is 5.32 Å². The molecule has 0 saturated carbocycles. The standard InChI is InChI=1S/C16H15NO2S/c1-2-16(19)17-13-7-5-12(6-8-13)15(18)10-9-14-4-3-11-20-14/h3-11H,2H2,1H3,(H,17,19). The van der Waals surface area contributed by atoms with Gasteiger partial charge in [-0.1, -0.05) is 13.0 Å². The van der Waals surface area contributed by atoms with Gasteiger partial charge in [-0.3, -0.25) is 9.59 Å². The van der Waals surface area contributed by atoms with Crippen molar-refractivity contribution in [1.82, 2.24) is 0 Å². The minimum atomic E-state index is -0.0493. The molecular weight excluding hydrogens is 270 g/mol. The molecule has 2 rings (SSSR count). The zero-order valence-electron chi connectivity index (χ0n) is 11.1. The van der Waals surface area contributed by atoms with Crippen LogP contribution in [0.15, 0.2) is 47.9 Å². The zero-order valence-corrected chi connectivity index (χ0v) is 11.9. The lowest BCUT2D eigenvalue weighted by atomic mass is 10.1. The summed E-state index contributed by atoms with van der Waals surface area (Å²) in [5, 5.41) is 4.71. The molecule has 1 amide bonds. The van der Waals surface area contributed by atoms with E-state index in [1.807, 2.05) is 17.5 Å². The fourth-order valence-electron chi connectivity index (χ4n) is 1.61. The van der Waals surface area contributed by atoms with Crippen LogP contribution in [-0.2, 0) is 4.79 Å². The number of nitrogens with one attached hydrogen (secondary N) is 1. The largest absolute Gasteiger partial charge is 0.326 e. The molecule has 0 saturated heterocycles. The Morgan fingerprint density at radius 3 is 2.55 bits per heavy atom. The topological polar surface area (TPSA) is 46.2 Å². The lowest BCUT2D eigenvalue weighted by Crippen LogP contribution is -2.09. The molecule has 2 aromatic rings. The number of hydrogen-bond donors (Lipinski definition) is 1. The van der Waals surface area contributed by atoms with E-state index >= 15 is 0 Å². The summed E-state index contributed by atoms with van der Waals surface area (Å²) in [6.45, 7) is 1.79. The van der Waals surface area contributed by atoms with E-state index in [1.165, 1.54) is 0 Å². The third kappa shape index (κ3) is 3.90. The first-order valence-corrected chi connectivity index (χ1v) is 7.23. The van der Waals surface area contributed by atoms with Gasteiger partial charge in [-0.25, -0.2) is 0 Å². The van der Waals surface area contributed by atoms with Crippen molar-refractivity contribution in [1.29, 1.82) is 0 Å². The number of benzene rings is 1. The van der Waals surface area contributed by atoms with Gasteiger partial charge >= 0.3 is 0 Å². The lowest BCUT2D eigenvalue weighted by Gasteiger charge is -2.03. The van der Waals surface area contributed by atoms with Crippen LogP contribution < -0.4 is 5.32 Å². The molecule has 0 atom stereocenters. The Balaban J connectivity index is 2.02. The maximum absolute atomic E-state index is 12.0. The van der Waals surface area contributed by atoms with Crippen LogP contribution in [0, 0.1) is 0 Å². The molecule has 0 aliphatic carbocycles. The van der Waals surface area contributed by atoms with Crippen molar-refractivity contribution in [2.45, 2.75) is 13.3 Å². The second-order valence-electron chi connectivity index (χ2n) is 4.19. The van der Waals surface area contributed by atoms with Crippen molar-refractivity contribution >= 4 is 34.8 Å². The first kappa shape index (κ1) is 14.2. The van der Waals surface area contributed by atoms with Gasteiger partial charge in [0.15, 0.2) is 5.78 Å². The molecule has 1 aromatic carbocycles. The normalized spacial score (nSPS) is 10.7. The van der Waals surface area contributed by atoms with Gasteiger partial charge in [0.1, 0.15) is 0 Å². The Morgan fingerprint density at radius 1 is 1.20 bits per heavy atom. The molecule has 0 bridgehead atoms. The van der Waals surface area contributed by atoms with Crippen molar-refractivity contribution < 1.29 is 9.59 Å². The molecule has 0 unspecified atom stereocenters. The lowest BCUT2D eigenvalue weighted by molar-refractivity contribution is -0.115. The number of anilines is 1. The molecule has 0 aliphatic heterocycles. The van der Waals surface area contributed by atoms with Gasteiger partial charge < -0.3 is 5.32 Å². The van der Waals surface area contributed by atoms with Crippen molar-refractivity contribution in [2.24, 2.45) is 0 Å². The Kier molecular flexibility index (Phi) is 4.85. The summed E-state index contributed by atoms with van der Waals surface area (Å²) >= 11 is 1.59. The van der Waals surface area contributed by atoms with Crippen molar-refractivity contribution in [3.8, 4) is 0 Å². The number of carbonyl (C=O) groups is 2. The minimum absolute atomic E-state index is 0.0401. The summed E-state index contributed by atoms with van der Waals surface area (Å²) in [4.78, 5) is 24.3. The van der Waals surface area contributed by atoms with Crippen molar-refractivity contribution in [3.63, 3.8) is 0 Å². The summed E-state index contributed by atoms with van der Waals surface area (Å²) in [5.41, 5.74) is 1.31. The van der Waals surface area contributed by atoms with Crippen LogP contribution in [0.2, 0.25) is 0 Å². The predicted molar refractivity (Wildman–Crippen MR) is 83.0 cm³/mol. The first-order chi connectivity index (χ1) is 9.69. The van der Waals surface area contributed by atoms with Gasteiger partial charge in [0.05, 0.1) is 0 Å². The number of hydrogen-bond acceptors (Lipinski definition) is 3. The van der Waals surface area contributed by atoms with E-state index in [0.717, 1.165) is 4.88 Å². The molecular formula is C16H15NO2S. The van der Waals surface area contributed by atoms with E-state index in [0.29, 0.717) is 17.7 Å². The first-order valence-electron chi connectivity index (χ1n) is 6.35. The summed E-state index contributed by atoms with van der Waals surface area (Å²) in [5.74, 6) is -0.0894. The minimum Gasteiger partial charge on any atom is -0.326 e. The predicted octanol–water partition coefficient (Wildman–Crippen LogP) is 3.99. The fraction of sp³-hybridized carbons (Fsp3) is 0.125. The van der Waals surface area contributed by atoms with Crippen LogP contribution in [0.25, 0.3) is 6.08 Å². The molecule has 1 aromatic heterocycles. The molecule has 0 aliphatic rings. The van der Waals surface area contributed by atoms with E-state index < -0.39 is 0 Å². The average molecular weight is 285 g/mol. The molecule has 0 fully saturated rings. The van der Waals surface area contributed by atoms with Gasteiger partial charge in [-0.05, 0) is 47.9 Å². The Hall–Kier alpha value is -2.20. The summed E-state index contributed by atoms with van der Waals surface area (Å²) < 4.78 is 0. The van der Waals surface area contributed by atoms with Crippen LogP contribution in [0.1, 0.15) is 28.6 Å². The Labute approximate surface area is 122 Å². The van der Waals surface area contributed by atoms with Gasteiger partial charge in [0.25, 0.3) is 0 Å². The number of amides is 1. The maximum Gasteiger partial charge on any atom is 0.224 e.